The van der Waals surface area contributed by atoms with Crippen LogP contribution in [0.25, 0.3) is 0 Å². The van der Waals surface area contributed by atoms with E-state index in [1.165, 1.54) is 0 Å². The van der Waals surface area contributed by atoms with Crippen LogP contribution in [0.4, 0.5) is 0 Å². The number of rotatable bonds is 6. The van der Waals surface area contributed by atoms with Crippen molar-refractivity contribution in [3.05, 3.63) is 64.7 Å². The van der Waals surface area contributed by atoms with Gasteiger partial charge in [0, 0.05) is 5.56 Å². The molecule has 0 unspecified atom stereocenters. The highest BCUT2D eigenvalue weighted by Crippen LogP contribution is 2.27. The molecular formula is C21H26N2O3. The van der Waals surface area contributed by atoms with Crippen LogP contribution in [0.2, 0.25) is 0 Å². The van der Waals surface area contributed by atoms with Gasteiger partial charge in [0.2, 0.25) is 0 Å². The molecule has 2 N–H and O–H groups in total. The summed E-state index contributed by atoms with van der Waals surface area (Å²) in [5.74, 6) is 0.204. The fourth-order valence-electron chi connectivity index (χ4n) is 2.51. The standard InChI is InChI=1S/C21H26N2O3/c1-5-16-7-9-17(10-8-16)21(25)23-22-20(24)13-26-19-12-15(4)6-11-18(19)14(2)3/h6-12,14H,5,13H2,1-4H3,(H,22,24)(H,23,25). The average Bonchev–Trinajstić information content (AvgIpc) is 2.64. The lowest BCUT2D eigenvalue weighted by Crippen LogP contribution is -2.43. The van der Waals surface area contributed by atoms with Crippen LogP contribution in [0.3, 0.4) is 0 Å². The number of hydrogen-bond acceptors (Lipinski definition) is 3. The van der Waals surface area contributed by atoms with Gasteiger partial charge in [-0.1, -0.05) is 45.0 Å². The van der Waals surface area contributed by atoms with Gasteiger partial charge in [0.25, 0.3) is 11.8 Å². The maximum absolute atomic E-state index is 12.0. The van der Waals surface area contributed by atoms with Gasteiger partial charge >= 0.3 is 0 Å². The largest absolute Gasteiger partial charge is 0.483 e. The normalized spacial score (nSPS) is 10.5. The number of amides is 2. The van der Waals surface area contributed by atoms with E-state index in [-0.39, 0.29) is 12.5 Å². The number of benzene rings is 2. The van der Waals surface area contributed by atoms with Gasteiger partial charge in [0.1, 0.15) is 5.75 Å². The Balaban J connectivity index is 1.87. The molecule has 0 aromatic heterocycles. The Morgan fingerprint density at radius 3 is 2.35 bits per heavy atom. The highest BCUT2D eigenvalue weighted by Gasteiger charge is 2.11. The van der Waals surface area contributed by atoms with Gasteiger partial charge in [-0.2, -0.15) is 0 Å². The highest BCUT2D eigenvalue weighted by atomic mass is 16.5. The van der Waals surface area contributed by atoms with Crippen LogP contribution in [0.15, 0.2) is 42.5 Å². The van der Waals surface area contributed by atoms with Crippen LogP contribution in [0, 0.1) is 6.92 Å². The molecule has 0 radical (unpaired) electrons. The molecule has 5 heteroatoms. The molecule has 26 heavy (non-hydrogen) atoms. The number of hydrogen-bond donors (Lipinski definition) is 2. The summed E-state index contributed by atoms with van der Waals surface area (Å²) in [5, 5.41) is 0. The molecule has 0 aliphatic heterocycles. The molecule has 0 spiro atoms. The molecule has 0 bridgehead atoms. The summed E-state index contributed by atoms with van der Waals surface area (Å²) in [6, 6.07) is 13.2. The zero-order chi connectivity index (χ0) is 19.1. The van der Waals surface area contributed by atoms with E-state index in [2.05, 4.69) is 24.7 Å². The van der Waals surface area contributed by atoms with E-state index in [0.717, 1.165) is 23.1 Å². The van der Waals surface area contributed by atoms with E-state index < -0.39 is 5.91 Å². The van der Waals surface area contributed by atoms with Gasteiger partial charge in [-0.05, 0) is 54.2 Å². The second-order valence-electron chi connectivity index (χ2n) is 6.54. The lowest BCUT2D eigenvalue weighted by atomic mass is 10.0. The van der Waals surface area contributed by atoms with E-state index in [0.29, 0.717) is 17.2 Å². The van der Waals surface area contributed by atoms with Gasteiger partial charge in [0.15, 0.2) is 6.61 Å². The van der Waals surface area contributed by atoms with Crippen molar-refractivity contribution < 1.29 is 14.3 Å². The fourth-order valence-corrected chi connectivity index (χ4v) is 2.51. The first-order chi connectivity index (χ1) is 12.4. The van der Waals surface area contributed by atoms with E-state index in [1.807, 2.05) is 44.2 Å². The number of ether oxygens (including phenoxy) is 1. The molecule has 2 amide bonds. The Labute approximate surface area is 154 Å². The van der Waals surface area contributed by atoms with Crippen molar-refractivity contribution in [3.63, 3.8) is 0 Å². The molecule has 0 fully saturated rings. The molecule has 2 rings (SSSR count). The molecule has 0 saturated carbocycles. The molecule has 0 aliphatic carbocycles. The zero-order valence-electron chi connectivity index (χ0n) is 15.8. The minimum atomic E-state index is -0.417. The molecule has 5 nitrogen and oxygen atoms in total. The first-order valence-electron chi connectivity index (χ1n) is 8.82. The first-order valence-corrected chi connectivity index (χ1v) is 8.82. The number of carbonyl (C=O) groups is 2. The number of aryl methyl sites for hydroxylation is 2. The lowest BCUT2D eigenvalue weighted by molar-refractivity contribution is -0.123. The van der Waals surface area contributed by atoms with Crippen LogP contribution < -0.4 is 15.6 Å². The Morgan fingerprint density at radius 1 is 1.04 bits per heavy atom. The second-order valence-corrected chi connectivity index (χ2v) is 6.54. The van der Waals surface area contributed by atoms with Crippen molar-refractivity contribution in [2.24, 2.45) is 0 Å². The smallest absolute Gasteiger partial charge is 0.276 e. The summed E-state index contributed by atoms with van der Waals surface area (Å²) >= 11 is 0. The predicted molar refractivity (Wildman–Crippen MR) is 102 cm³/mol. The lowest BCUT2D eigenvalue weighted by Gasteiger charge is -2.15. The quantitative estimate of drug-likeness (QED) is 0.780. The number of nitrogens with one attached hydrogen (secondary N) is 2. The van der Waals surface area contributed by atoms with E-state index in [9.17, 15) is 9.59 Å². The minimum absolute atomic E-state index is 0.168. The maximum atomic E-state index is 12.0. The fraction of sp³-hybridized carbons (Fsp3) is 0.333. The van der Waals surface area contributed by atoms with E-state index >= 15 is 0 Å². The number of hydrazine groups is 1. The Hall–Kier alpha value is -2.82. The van der Waals surface area contributed by atoms with Crippen molar-refractivity contribution in [1.82, 2.24) is 10.9 Å². The molecule has 2 aromatic rings. The van der Waals surface area contributed by atoms with Crippen molar-refractivity contribution >= 4 is 11.8 Å². The van der Waals surface area contributed by atoms with Crippen LogP contribution in [0.5, 0.6) is 5.75 Å². The Kier molecular flexibility index (Phi) is 6.78. The van der Waals surface area contributed by atoms with Crippen LogP contribution in [-0.2, 0) is 11.2 Å². The van der Waals surface area contributed by atoms with Gasteiger partial charge < -0.3 is 4.74 Å². The maximum Gasteiger partial charge on any atom is 0.276 e. The molecule has 0 saturated heterocycles. The van der Waals surface area contributed by atoms with Crippen LogP contribution in [-0.4, -0.2) is 18.4 Å². The van der Waals surface area contributed by atoms with Crippen molar-refractivity contribution in [2.45, 2.75) is 40.0 Å². The van der Waals surface area contributed by atoms with Gasteiger partial charge in [-0.15, -0.1) is 0 Å². The highest BCUT2D eigenvalue weighted by molar-refractivity contribution is 5.95. The summed E-state index contributed by atoms with van der Waals surface area (Å²) in [6.45, 7) is 8.00. The Bertz CT molecular complexity index is 767. The number of carbonyl (C=O) groups excluding carboxylic acids is 2. The van der Waals surface area contributed by atoms with Gasteiger partial charge in [0.05, 0.1) is 0 Å². The zero-order valence-corrected chi connectivity index (χ0v) is 15.8. The molecule has 0 atom stereocenters. The SMILES string of the molecule is CCc1ccc(C(=O)NNC(=O)COc2cc(C)ccc2C(C)C)cc1. The summed E-state index contributed by atoms with van der Waals surface area (Å²) in [7, 11) is 0. The molecule has 2 aromatic carbocycles. The van der Waals surface area contributed by atoms with Gasteiger partial charge in [-0.3, -0.25) is 20.4 Å². The summed E-state index contributed by atoms with van der Waals surface area (Å²) < 4.78 is 5.65. The van der Waals surface area contributed by atoms with Crippen molar-refractivity contribution in [3.8, 4) is 5.75 Å². The third-order valence-corrected chi connectivity index (χ3v) is 4.09. The third-order valence-electron chi connectivity index (χ3n) is 4.09. The third kappa shape index (κ3) is 5.34. The molecule has 0 aliphatic rings. The first kappa shape index (κ1) is 19.5. The summed E-state index contributed by atoms with van der Waals surface area (Å²) in [4.78, 5) is 24.0. The minimum Gasteiger partial charge on any atom is -0.483 e. The van der Waals surface area contributed by atoms with Crippen LogP contribution >= 0.6 is 0 Å². The van der Waals surface area contributed by atoms with Crippen LogP contribution in [0.1, 0.15) is 53.7 Å². The topological polar surface area (TPSA) is 67.4 Å². The monoisotopic (exact) mass is 354 g/mol. The van der Waals surface area contributed by atoms with Crippen molar-refractivity contribution in [1.29, 1.82) is 0 Å². The van der Waals surface area contributed by atoms with E-state index in [1.54, 1.807) is 12.1 Å². The summed E-state index contributed by atoms with van der Waals surface area (Å²) in [5.41, 5.74) is 8.53. The average molecular weight is 354 g/mol. The molecular weight excluding hydrogens is 328 g/mol. The molecule has 138 valence electrons. The Morgan fingerprint density at radius 2 is 1.73 bits per heavy atom. The summed E-state index contributed by atoms with van der Waals surface area (Å²) in [6.07, 6.45) is 0.910. The second kappa shape index (κ2) is 9.04. The van der Waals surface area contributed by atoms with E-state index in [4.69, 9.17) is 4.74 Å². The predicted octanol–water partition coefficient (Wildman–Crippen LogP) is 3.52. The van der Waals surface area contributed by atoms with Crippen molar-refractivity contribution in [2.75, 3.05) is 6.61 Å². The molecule has 0 heterocycles. The van der Waals surface area contributed by atoms with Gasteiger partial charge in [-0.25, -0.2) is 0 Å².